The molecule has 3 rings (SSSR count). The Bertz CT molecular complexity index is 712. The lowest BCUT2D eigenvalue weighted by molar-refractivity contribution is -0.142. The fourth-order valence-corrected chi connectivity index (χ4v) is 4.44. The molecule has 4 atom stereocenters. The summed E-state index contributed by atoms with van der Waals surface area (Å²) in [7, 11) is 0. The number of aliphatic carboxylic acids is 1. The molecule has 24 heavy (non-hydrogen) atoms. The average molecular weight is 344 g/mol. The number of halogens is 4. The zero-order chi connectivity index (χ0) is 17.9. The Hall–Kier alpha value is -1.92. The van der Waals surface area contributed by atoms with E-state index in [0.29, 0.717) is 18.9 Å². The highest BCUT2D eigenvalue weighted by atomic mass is 19.4. The molecule has 0 bridgehead atoms. The maximum Gasteiger partial charge on any atom is 0.416 e. The lowest BCUT2D eigenvalue weighted by atomic mass is 9.86. The molecule has 0 saturated heterocycles. The van der Waals surface area contributed by atoms with Gasteiger partial charge in [-0.1, -0.05) is 6.92 Å². The molecule has 1 aromatic carbocycles. The summed E-state index contributed by atoms with van der Waals surface area (Å²) in [6, 6.07) is 2.28. The van der Waals surface area contributed by atoms with E-state index >= 15 is 0 Å². The Morgan fingerprint density at radius 3 is 2.50 bits per heavy atom. The molecule has 3 nitrogen and oxygen atoms in total. The van der Waals surface area contributed by atoms with Crippen LogP contribution >= 0.6 is 0 Å². The monoisotopic (exact) mass is 344 g/mol. The molecule has 0 aromatic heterocycles. The fraction of sp³-hybridized carbons (Fsp3) is 0.529. The van der Waals surface area contributed by atoms with Crippen molar-refractivity contribution in [2.75, 3.05) is 0 Å². The van der Waals surface area contributed by atoms with Crippen LogP contribution in [0.2, 0.25) is 0 Å². The zero-order valence-corrected chi connectivity index (χ0v) is 12.9. The summed E-state index contributed by atoms with van der Waals surface area (Å²) in [5.74, 6) is -3.70. The molecule has 130 valence electrons. The van der Waals surface area contributed by atoms with Crippen LogP contribution in [-0.2, 0) is 22.2 Å². The van der Waals surface area contributed by atoms with E-state index in [1.165, 1.54) is 0 Å². The average Bonchev–Trinajstić information content (AvgIpc) is 3.05. The number of alkyl halides is 3. The van der Waals surface area contributed by atoms with Gasteiger partial charge in [-0.25, -0.2) is 4.39 Å². The standard InChI is InChI=1S/C17H16F4O3/c1-2-16-12(13(16)15(23)24)6-9(14(16)22)3-8-4-10(17(19,20)21)7-11(18)5-8/h4-5,7,9,12-13H,2-3,6H2,1H3,(H,23,24). The maximum absolute atomic E-state index is 13.5. The van der Waals surface area contributed by atoms with Gasteiger partial charge in [-0.2, -0.15) is 13.2 Å². The Labute approximate surface area is 135 Å². The van der Waals surface area contributed by atoms with Crippen molar-refractivity contribution < 1.29 is 32.3 Å². The van der Waals surface area contributed by atoms with E-state index in [1.807, 2.05) is 0 Å². The highest BCUT2D eigenvalue weighted by Gasteiger charge is 2.75. The summed E-state index contributed by atoms with van der Waals surface area (Å²) >= 11 is 0. The number of ketones is 1. The summed E-state index contributed by atoms with van der Waals surface area (Å²) in [6.45, 7) is 1.75. The smallest absolute Gasteiger partial charge is 0.416 e. The molecule has 0 radical (unpaired) electrons. The van der Waals surface area contributed by atoms with Gasteiger partial charge in [0, 0.05) is 11.3 Å². The summed E-state index contributed by atoms with van der Waals surface area (Å²) < 4.78 is 51.8. The quantitative estimate of drug-likeness (QED) is 0.848. The minimum atomic E-state index is -4.66. The van der Waals surface area contributed by atoms with Gasteiger partial charge >= 0.3 is 12.1 Å². The fourth-order valence-electron chi connectivity index (χ4n) is 4.44. The number of Topliss-reactive ketones (excluding diaryl/α,β-unsaturated/α-hetero) is 1. The van der Waals surface area contributed by atoms with Crippen molar-refractivity contribution in [3.05, 3.63) is 35.1 Å². The minimum absolute atomic E-state index is 0.00423. The molecule has 2 aliphatic rings. The highest BCUT2D eigenvalue weighted by molar-refractivity contribution is 5.99. The third-order valence-corrected chi connectivity index (χ3v) is 5.50. The molecule has 4 unspecified atom stereocenters. The van der Waals surface area contributed by atoms with Gasteiger partial charge in [-0.15, -0.1) is 0 Å². The number of hydrogen-bond acceptors (Lipinski definition) is 2. The predicted octanol–water partition coefficient (Wildman–Crippen LogP) is 3.70. The Morgan fingerprint density at radius 1 is 1.33 bits per heavy atom. The highest BCUT2D eigenvalue weighted by Crippen LogP contribution is 2.70. The van der Waals surface area contributed by atoms with Crippen molar-refractivity contribution in [2.45, 2.75) is 32.4 Å². The van der Waals surface area contributed by atoms with Gasteiger partial charge in [0.15, 0.2) is 0 Å². The summed E-state index contributed by atoms with van der Waals surface area (Å²) in [5.41, 5.74) is -1.85. The van der Waals surface area contributed by atoms with Crippen molar-refractivity contribution in [3.8, 4) is 0 Å². The molecule has 1 N–H and O–H groups in total. The summed E-state index contributed by atoms with van der Waals surface area (Å²) in [5, 5.41) is 9.18. The number of carbonyl (C=O) groups excluding carboxylic acids is 1. The molecule has 0 spiro atoms. The summed E-state index contributed by atoms with van der Waals surface area (Å²) in [6.07, 6.45) is -3.91. The van der Waals surface area contributed by atoms with Crippen molar-refractivity contribution in [2.24, 2.45) is 23.2 Å². The molecule has 1 aromatic rings. The lowest BCUT2D eigenvalue weighted by Gasteiger charge is -2.17. The first-order valence-corrected chi connectivity index (χ1v) is 7.75. The van der Waals surface area contributed by atoms with E-state index in [9.17, 15) is 32.3 Å². The zero-order valence-electron chi connectivity index (χ0n) is 12.9. The number of fused-ring (bicyclic) bond motifs is 1. The van der Waals surface area contributed by atoms with Gasteiger partial charge < -0.3 is 5.11 Å². The van der Waals surface area contributed by atoms with Gasteiger partial charge in [0.05, 0.1) is 11.5 Å². The molecule has 2 aliphatic carbocycles. The van der Waals surface area contributed by atoms with E-state index in [2.05, 4.69) is 0 Å². The minimum Gasteiger partial charge on any atom is -0.481 e. The molecule has 0 heterocycles. The van der Waals surface area contributed by atoms with Crippen LogP contribution in [0.25, 0.3) is 0 Å². The first-order valence-electron chi connectivity index (χ1n) is 7.75. The Balaban J connectivity index is 1.81. The van der Waals surface area contributed by atoms with Crippen molar-refractivity contribution in [3.63, 3.8) is 0 Å². The van der Waals surface area contributed by atoms with E-state index in [0.717, 1.165) is 12.1 Å². The van der Waals surface area contributed by atoms with Crippen LogP contribution in [0.5, 0.6) is 0 Å². The second-order valence-corrected chi connectivity index (χ2v) is 6.66. The third kappa shape index (κ3) is 2.41. The predicted molar refractivity (Wildman–Crippen MR) is 75.6 cm³/mol. The number of rotatable bonds is 4. The number of carboxylic acid groups (broad SMARTS) is 1. The van der Waals surface area contributed by atoms with E-state index in [-0.39, 0.29) is 23.7 Å². The van der Waals surface area contributed by atoms with Crippen molar-refractivity contribution in [1.29, 1.82) is 0 Å². The number of benzene rings is 1. The SMILES string of the molecule is CCC12C(=O)C(Cc3cc(F)cc(C(F)(F)F)c3)CC1C2C(=O)O. The molecular formula is C17H16F4O3. The van der Waals surface area contributed by atoms with Crippen LogP contribution in [-0.4, -0.2) is 16.9 Å². The number of carboxylic acids is 1. The van der Waals surface area contributed by atoms with E-state index in [1.54, 1.807) is 6.92 Å². The van der Waals surface area contributed by atoms with Gasteiger partial charge in [-0.3, -0.25) is 9.59 Å². The Morgan fingerprint density at radius 2 is 2.00 bits per heavy atom. The molecule has 2 saturated carbocycles. The van der Waals surface area contributed by atoms with Crippen LogP contribution in [0.1, 0.15) is 30.9 Å². The third-order valence-electron chi connectivity index (χ3n) is 5.50. The van der Waals surface area contributed by atoms with Crippen LogP contribution < -0.4 is 0 Å². The van der Waals surface area contributed by atoms with Crippen molar-refractivity contribution in [1.82, 2.24) is 0 Å². The number of carbonyl (C=O) groups is 2. The van der Waals surface area contributed by atoms with Gasteiger partial charge in [0.2, 0.25) is 0 Å². The first-order chi connectivity index (χ1) is 11.1. The largest absolute Gasteiger partial charge is 0.481 e. The lowest BCUT2D eigenvalue weighted by Crippen LogP contribution is -2.26. The normalized spacial score (nSPS) is 31.9. The second-order valence-electron chi connectivity index (χ2n) is 6.66. The molecular weight excluding hydrogens is 328 g/mol. The number of hydrogen-bond donors (Lipinski definition) is 1. The molecule has 7 heteroatoms. The summed E-state index contributed by atoms with van der Waals surface area (Å²) in [4.78, 5) is 23.8. The van der Waals surface area contributed by atoms with Crippen LogP contribution in [0.3, 0.4) is 0 Å². The Kier molecular flexibility index (Phi) is 3.73. The van der Waals surface area contributed by atoms with E-state index in [4.69, 9.17) is 0 Å². The second kappa shape index (κ2) is 5.29. The molecule has 0 aliphatic heterocycles. The first kappa shape index (κ1) is 16.9. The van der Waals surface area contributed by atoms with Crippen molar-refractivity contribution >= 4 is 11.8 Å². The maximum atomic E-state index is 13.5. The van der Waals surface area contributed by atoms with Crippen LogP contribution in [0, 0.1) is 29.0 Å². The van der Waals surface area contributed by atoms with Crippen LogP contribution in [0.4, 0.5) is 17.6 Å². The molecule has 2 fully saturated rings. The van der Waals surface area contributed by atoms with Gasteiger partial charge in [0.1, 0.15) is 11.6 Å². The van der Waals surface area contributed by atoms with Crippen LogP contribution in [0.15, 0.2) is 18.2 Å². The van der Waals surface area contributed by atoms with Gasteiger partial charge in [-0.05, 0) is 48.9 Å². The van der Waals surface area contributed by atoms with E-state index < -0.39 is 40.8 Å². The topological polar surface area (TPSA) is 54.4 Å². The van der Waals surface area contributed by atoms with Gasteiger partial charge in [0.25, 0.3) is 0 Å². The molecule has 0 amide bonds.